The van der Waals surface area contributed by atoms with Crippen LogP contribution in [0, 0.1) is 0 Å². The number of hydrogen-bond acceptors (Lipinski definition) is 8. The third-order valence-electron chi connectivity index (χ3n) is 7.27. The van der Waals surface area contributed by atoms with Gasteiger partial charge in [0.05, 0.1) is 30.9 Å². The van der Waals surface area contributed by atoms with Crippen LogP contribution >= 0.6 is 7.14 Å². The zero-order valence-electron chi connectivity index (χ0n) is 27.0. The smallest absolute Gasteiger partial charge is 0.323 e. The minimum atomic E-state index is -2.73. The van der Waals surface area contributed by atoms with Gasteiger partial charge in [-0.15, -0.1) is 0 Å². The lowest BCUT2D eigenvalue weighted by atomic mass is 9.86. The first-order valence-corrected chi connectivity index (χ1v) is 17.3. The van der Waals surface area contributed by atoms with Crippen molar-refractivity contribution >= 4 is 52.3 Å². The fourth-order valence-electron chi connectivity index (χ4n) is 4.90. The predicted molar refractivity (Wildman–Crippen MR) is 186 cm³/mol. The number of carbonyl (C=O) groups is 1. The Morgan fingerprint density at radius 2 is 1.57 bits per heavy atom. The molecule has 0 unspecified atom stereocenters. The quantitative estimate of drug-likeness (QED) is 0.138. The number of ether oxygens (including phenoxy) is 3. The molecule has 1 aromatic heterocycles. The van der Waals surface area contributed by atoms with E-state index in [2.05, 4.69) is 46.7 Å². The molecule has 46 heavy (non-hydrogen) atoms. The van der Waals surface area contributed by atoms with Crippen molar-refractivity contribution in [3.63, 3.8) is 0 Å². The highest BCUT2D eigenvalue weighted by Crippen LogP contribution is 2.43. The van der Waals surface area contributed by atoms with Crippen LogP contribution < -0.4 is 35.5 Å². The van der Waals surface area contributed by atoms with Crippen LogP contribution in [0.1, 0.15) is 26.3 Å². The highest BCUT2D eigenvalue weighted by atomic mass is 31.2. The SMILES string of the molecule is COc1cccc(Nc2nccc(Oc3ccc(NC(=O)Nc4cc(C(C)(C)C)cc(P(C)(C)=O)c4OC)c4ccccc34)n2)c1. The number of methoxy groups -OCH3 is 2. The second-order valence-corrected chi connectivity index (χ2v) is 15.3. The Balaban J connectivity index is 1.40. The van der Waals surface area contributed by atoms with Gasteiger partial charge in [0.15, 0.2) is 5.75 Å². The second kappa shape index (κ2) is 13.1. The molecule has 0 fully saturated rings. The molecule has 238 valence electrons. The van der Waals surface area contributed by atoms with Gasteiger partial charge in [0.25, 0.3) is 0 Å². The summed E-state index contributed by atoms with van der Waals surface area (Å²) in [5.41, 5.74) is 2.48. The molecule has 0 atom stereocenters. The summed E-state index contributed by atoms with van der Waals surface area (Å²) < 4.78 is 30.4. The molecule has 0 aliphatic rings. The lowest BCUT2D eigenvalue weighted by molar-refractivity contribution is 0.262. The van der Waals surface area contributed by atoms with Gasteiger partial charge in [-0.25, -0.2) is 9.78 Å². The van der Waals surface area contributed by atoms with E-state index in [4.69, 9.17) is 14.2 Å². The zero-order chi connectivity index (χ0) is 33.1. The maximum atomic E-state index is 13.4. The molecular formula is C35H38N5O5P. The third kappa shape index (κ3) is 7.41. The average Bonchev–Trinajstić information content (AvgIpc) is 3.01. The number of fused-ring (bicyclic) bond motifs is 1. The molecule has 0 radical (unpaired) electrons. The summed E-state index contributed by atoms with van der Waals surface area (Å²) >= 11 is 0. The molecule has 0 aliphatic carbocycles. The van der Waals surface area contributed by atoms with E-state index in [1.165, 1.54) is 7.11 Å². The number of carbonyl (C=O) groups excluding carboxylic acids is 1. The molecule has 0 bridgehead atoms. The van der Waals surface area contributed by atoms with Crippen molar-refractivity contribution in [2.75, 3.05) is 43.5 Å². The van der Waals surface area contributed by atoms with E-state index >= 15 is 0 Å². The van der Waals surface area contributed by atoms with Gasteiger partial charge >= 0.3 is 6.03 Å². The first-order valence-electron chi connectivity index (χ1n) is 14.7. The van der Waals surface area contributed by atoms with Gasteiger partial charge < -0.3 is 34.7 Å². The molecule has 1 heterocycles. The Hall–Kier alpha value is -5.08. The molecule has 0 saturated carbocycles. The summed E-state index contributed by atoms with van der Waals surface area (Å²) in [6.45, 7) is 9.57. The first kappa shape index (κ1) is 32.3. The van der Waals surface area contributed by atoms with Gasteiger partial charge in [-0.05, 0) is 60.7 Å². The van der Waals surface area contributed by atoms with Crippen LogP contribution in [-0.2, 0) is 9.98 Å². The van der Waals surface area contributed by atoms with Gasteiger partial charge in [-0.1, -0.05) is 51.1 Å². The molecule has 5 aromatic rings. The molecular weight excluding hydrogens is 601 g/mol. The Labute approximate surface area is 268 Å². The van der Waals surface area contributed by atoms with Gasteiger partial charge in [0.2, 0.25) is 11.8 Å². The number of nitrogens with one attached hydrogen (secondary N) is 3. The summed E-state index contributed by atoms with van der Waals surface area (Å²) in [4.78, 5) is 22.2. The standard InChI is InChI=1S/C35H38N5O5P/c1-35(2,3)22-19-28(32(44-5)30(20-22)46(6,7)42)39-34(41)38-27-15-16-29(26-14-9-8-13-25(26)27)45-31-17-18-36-33(40-31)37-23-11-10-12-24(21-23)43-4/h8-21H,1-7H3,(H,36,37,40)(H2,38,39,41). The van der Waals surface area contributed by atoms with Crippen LogP contribution in [0.15, 0.2) is 85.1 Å². The summed E-state index contributed by atoms with van der Waals surface area (Å²) in [7, 11) is 0.393. The van der Waals surface area contributed by atoms with E-state index in [-0.39, 0.29) is 5.41 Å². The molecule has 0 saturated heterocycles. The lowest BCUT2D eigenvalue weighted by Gasteiger charge is -2.25. The van der Waals surface area contributed by atoms with Gasteiger partial charge in [0.1, 0.15) is 18.6 Å². The zero-order valence-corrected chi connectivity index (χ0v) is 27.9. The summed E-state index contributed by atoms with van der Waals surface area (Å²) in [5.74, 6) is 2.35. The number of rotatable bonds is 9. The minimum Gasteiger partial charge on any atom is -0.497 e. The monoisotopic (exact) mass is 639 g/mol. The van der Waals surface area contributed by atoms with E-state index in [1.807, 2.05) is 60.7 Å². The fraction of sp³-hybridized carbons (Fsp3) is 0.229. The van der Waals surface area contributed by atoms with Crippen molar-refractivity contribution in [1.82, 2.24) is 9.97 Å². The van der Waals surface area contributed by atoms with E-state index in [0.29, 0.717) is 45.8 Å². The molecule has 0 aliphatic heterocycles. The van der Waals surface area contributed by atoms with Gasteiger partial charge in [-0.3, -0.25) is 0 Å². The van der Waals surface area contributed by atoms with Gasteiger partial charge in [0, 0.05) is 34.8 Å². The van der Waals surface area contributed by atoms with E-state index in [1.54, 1.807) is 44.8 Å². The van der Waals surface area contributed by atoms with Crippen LogP contribution in [0.25, 0.3) is 10.8 Å². The topological polar surface area (TPSA) is 124 Å². The van der Waals surface area contributed by atoms with Crippen molar-refractivity contribution in [1.29, 1.82) is 0 Å². The fourth-order valence-corrected chi connectivity index (χ4v) is 6.05. The highest BCUT2D eigenvalue weighted by Gasteiger charge is 2.26. The Bertz CT molecular complexity index is 1950. The lowest BCUT2D eigenvalue weighted by Crippen LogP contribution is -2.23. The molecule has 4 aromatic carbocycles. The summed E-state index contributed by atoms with van der Waals surface area (Å²) in [6, 6.07) is 23.6. The summed E-state index contributed by atoms with van der Waals surface area (Å²) in [5, 5.41) is 11.2. The number of benzene rings is 4. The van der Waals surface area contributed by atoms with Gasteiger partial charge in [-0.2, -0.15) is 4.98 Å². The number of anilines is 4. The van der Waals surface area contributed by atoms with Crippen molar-refractivity contribution in [2.45, 2.75) is 26.2 Å². The Kier molecular flexibility index (Phi) is 9.21. The van der Waals surface area contributed by atoms with Crippen LogP contribution in [0.4, 0.5) is 27.8 Å². The number of hydrogen-bond donors (Lipinski definition) is 3. The largest absolute Gasteiger partial charge is 0.497 e. The first-order chi connectivity index (χ1) is 21.9. The number of aromatic nitrogens is 2. The normalized spacial score (nSPS) is 11.5. The van der Waals surface area contributed by atoms with Crippen molar-refractivity contribution < 1.29 is 23.6 Å². The molecule has 2 amide bonds. The molecule has 10 nitrogen and oxygen atoms in total. The molecule has 3 N–H and O–H groups in total. The second-order valence-electron chi connectivity index (χ2n) is 12.1. The summed E-state index contributed by atoms with van der Waals surface area (Å²) in [6.07, 6.45) is 1.61. The van der Waals surface area contributed by atoms with Crippen molar-refractivity contribution in [3.05, 3.63) is 90.6 Å². The highest BCUT2D eigenvalue weighted by molar-refractivity contribution is 7.70. The molecule has 0 spiro atoms. The average molecular weight is 640 g/mol. The maximum absolute atomic E-state index is 13.4. The van der Waals surface area contributed by atoms with E-state index in [0.717, 1.165) is 22.0 Å². The predicted octanol–water partition coefficient (Wildman–Crippen LogP) is 8.37. The van der Waals surface area contributed by atoms with Crippen LogP contribution in [0.5, 0.6) is 23.1 Å². The van der Waals surface area contributed by atoms with Crippen LogP contribution in [0.3, 0.4) is 0 Å². The van der Waals surface area contributed by atoms with Crippen molar-refractivity contribution in [2.24, 2.45) is 0 Å². The van der Waals surface area contributed by atoms with E-state index < -0.39 is 13.2 Å². The van der Waals surface area contributed by atoms with E-state index in [9.17, 15) is 9.36 Å². The van der Waals surface area contributed by atoms with Crippen LogP contribution in [-0.4, -0.2) is 43.5 Å². The van der Waals surface area contributed by atoms with Crippen LogP contribution in [0.2, 0.25) is 0 Å². The number of amides is 2. The molecule has 11 heteroatoms. The van der Waals surface area contributed by atoms with Crippen molar-refractivity contribution in [3.8, 4) is 23.1 Å². The number of urea groups is 1. The Morgan fingerprint density at radius 1 is 0.826 bits per heavy atom. The minimum absolute atomic E-state index is 0.245. The third-order valence-corrected chi connectivity index (χ3v) is 8.76. The Morgan fingerprint density at radius 3 is 2.26 bits per heavy atom. The molecule has 5 rings (SSSR count). The number of nitrogens with zero attached hydrogens (tertiary/aromatic N) is 2. The maximum Gasteiger partial charge on any atom is 0.323 e.